The fourth-order valence-electron chi connectivity index (χ4n) is 3.80. The molecule has 0 saturated carbocycles. The molecule has 1 fully saturated rings. The lowest BCUT2D eigenvalue weighted by Gasteiger charge is -2.31. The molecule has 30 heavy (non-hydrogen) atoms. The minimum absolute atomic E-state index is 0.0536. The molecule has 1 aliphatic heterocycles. The monoisotopic (exact) mass is 435 g/mol. The maximum atomic E-state index is 13.5. The zero-order chi connectivity index (χ0) is 20.5. The average Bonchev–Trinajstić information content (AvgIpc) is 3.54. The Kier molecular flexibility index (Phi) is 5.23. The highest BCUT2D eigenvalue weighted by molar-refractivity contribution is 7.17. The molecule has 4 aromatic rings. The summed E-state index contributed by atoms with van der Waals surface area (Å²) in [4.78, 5) is 25.5. The number of aryl methyl sites for hydroxylation is 1. The fourth-order valence-corrected chi connectivity index (χ4v) is 5.79. The van der Waals surface area contributed by atoms with Gasteiger partial charge in [0.05, 0.1) is 17.0 Å². The number of nitrogens with zero attached hydrogens (tertiary/aromatic N) is 3. The van der Waals surface area contributed by atoms with Crippen molar-refractivity contribution in [2.24, 2.45) is 0 Å². The molecule has 7 heteroatoms. The summed E-state index contributed by atoms with van der Waals surface area (Å²) in [7, 11) is 0. The van der Waals surface area contributed by atoms with Gasteiger partial charge in [0.15, 0.2) is 10.8 Å². The Morgan fingerprint density at radius 1 is 1.10 bits per heavy atom. The number of aromatic nitrogens is 2. The number of thiazole rings is 2. The van der Waals surface area contributed by atoms with Gasteiger partial charge < -0.3 is 9.32 Å². The van der Waals surface area contributed by atoms with Crippen LogP contribution >= 0.6 is 22.7 Å². The van der Waals surface area contributed by atoms with E-state index in [1.54, 1.807) is 17.6 Å². The lowest BCUT2D eigenvalue weighted by atomic mass is 9.97. The van der Waals surface area contributed by atoms with Gasteiger partial charge >= 0.3 is 0 Å². The van der Waals surface area contributed by atoms with Crippen molar-refractivity contribution in [1.82, 2.24) is 14.9 Å². The smallest absolute Gasteiger partial charge is 0.266 e. The van der Waals surface area contributed by atoms with E-state index in [4.69, 9.17) is 9.40 Å². The largest absolute Gasteiger partial charge is 0.462 e. The number of carbonyl (C=O) groups is 1. The number of amides is 1. The second kappa shape index (κ2) is 8.16. The molecule has 1 aliphatic rings. The van der Waals surface area contributed by atoms with E-state index < -0.39 is 0 Å². The van der Waals surface area contributed by atoms with Crippen molar-refractivity contribution < 1.29 is 9.21 Å². The van der Waals surface area contributed by atoms with E-state index in [1.165, 1.54) is 16.3 Å². The number of piperidine rings is 1. The molecule has 1 saturated heterocycles. The van der Waals surface area contributed by atoms with Crippen LogP contribution in [-0.2, 0) is 0 Å². The highest BCUT2D eigenvalue weighted by Gasteiger charge is 2.29. The molecule has 0 aliphatic carbocycles. The minimum atomic E-state index is 0.0536. The molecule has 1 amide bonds. The summed E-state index contributed by atoms with van der Waals surface area (Å²) in [6.07, 6.45) is 3.53. The van der Waals surface area contributed by atoms with Crippen molar-refractivity contribution >= 4 is 28.6 Å². The van der Waals surface area contributed by atoms with Gasteiger partial charge in [-0.25, -0.2) is 9.97 Å². The van der Waals surface area contributed by atoms with E-state index in [2.05, 4.69) is 10.4 Å². The van der Waals surface area contributed by atoms with Crippen LogP contribution in [0.25, 0.3) is 22.0 Å². The van der Waals surface area contributed by atoms with Crippen molar-refractivity contribution in [2.75, 3.05) is 13.1 Å². The van der Waals surface area contributed by atoms with Gasteiger partial charge in [-0.2, -0.15) is 0 Å². The predicted octanol–water partition coefficient (Wildman–Crippen LogP) is 5.85. The summed E-state index contributed by atoms with van der Waals surface area (Å²) in [5.74, 6) is 1.19. The third-order valence-electron chi connectivity index (χ3n) is 5.37. The molecular weight excluding hydrogens is 414 g/mol. The fraction of sp³-hybridized carbons (Fsp3) is 0.261. The molecule has 5 rings (SSSR count). The summed E-state index contributed by atoms with van der Waals surface area (Å²) in [6.45, 7) is 3.51. The van der Waals surface area contributed by atoms with E-state index >= 15 is 0 Å². The number of hydrogen-bond acceptors (Lipinski definition) is 6. The Hall–Kier alpha value is -2.77. The normalized spacial score (nSPS) is 14.9. The van der Waals surface area contributed by atoms with Crippen LogP contribution in [0.1, 0.15) is 39.1 Å². The predicted molar refractivity (Wildman–Crippen MR) is 120 cm³/mol. The van der Waals surface area contributed by atoms with Crippen LogP contribution in [-0.4, -0.2) is 33.9 Å². The Balaban J connectivity index is 1.41. The van der Waals surface area contributed by atoms with E-state index in [1.807, 2.05) is 54.3 Å². The lowest BCUT2D eigenvalue weighted by Crippen LogP contribution is -2.37. The molecule has 0 unspecified atom stereocenters. The van der Waals surface area contributed by atoms with Gasteiger partial charge in [0.25, 0.3) is 5.91 Å². The lowest BCUT2D eigenvalue weighted by molar-refractivity contribution is 0.0718. The SMILES string of the molecule is Cc1csc(C2CCN(C(=O)c3sc(-c4ccco4)nc3-c3ccccc3)CC2)n1. The van der Waals surface area contributed by atoms with Crippen LogP contribution < -0.4 is 0 Å². The van der Waals surface area contributed by atoms with Crippen molar-refractivity contribution in [1.29, 1.82) is 0 Å². The first kappa shape index (κ1) is 19.2. The molecule has 0 N–H and O–H groups in total. The number of hydrogen-bond donors (Lipinski definition) is 0. The molecule has 1 aromatic carbocycles. The highest BCUT2D eigenvalue weighted by atomic mass is 32.1. The van der Waals surface area contributed by atoms with Crippen LogP contribution in [0.2, 0.25) is 0 Å². The van der Waals surface area contributed by atoms with Gasteiger partial charge in [-0.15, -0.1) is 22.7 Å². The summed E-state index contributed by atoms with van der Waals surface area (Å²) < 4.78 is 5.53. The molecule has 4 heterocycles. The number of furan rings is 1. The molecule has 0 radical (unpaired) electrons. The second-order valence-electron chi connectivity index (χ2n) is 7.43. The number of benzene rings is 1. The number of rotatable bonds is 4. The maximum absolute atomic E-state index is 13.5. The van der Waals surface area contributed by atoms with Crippen molar-refractivity contribution in [2.45, 2.75) is 25.7 Å². The van der Waals surface area contributed by atoms with Crippen LogP contribution in [0.15, 0.2) is 58.5 Å². The van der Waals surface area contributed by atoms with Crippen LogP contribution in [0.5, 0.6) is 0 Å². The molecule has 0 atom stereocenters. The molecule has 5 nitrogen and oxygen atoms in total. The van der Waals surface area contributed by atoms with Gasteiger partial charge in [-0.3, -0.25) is 4.79 Å². The van der Waals surface area contributed by atoms with Crippen LogP contribution in [0.4, 0.5) is 0 Å². The topological polar surface area (TPSA) is 59.2 Å². The van der Waals surface area contributed by atoms with Crippen LogP contribution in [0, 0.1) is 6.92 Å². The average molecular weight is 436 g/mol. The van der Waals surface area contributed by atoms with Gasteiger partial charge in [0, 0.05) is 35.6 Å². The summed E-state index contributed by atoms with van der Waals surface area (Å²) in [5, 5.41) is 4.03. The Labute approximate surface area is 183 Å². The molecule has 3 aromatic heterocycles. The first-order chi connectivity index (χ1) is 14.7. The van der Waals surface area contributed by atoms with Gasteiger partial charge in [-0.1, -0.05) is 30.3 Å². The quantitative estimate of drug-likeness (QED) is 0.403. The van der Waals surface area contributed by atoms with Gasteiger partial charge in [0.1, 0.15) is 4.88 Å². The van der Waals surface area contributed by atoms with E-state index in [0.29, 0.717) is 16.6 Å². The second-order valence-corrected chi connectivity index (χ2v) is 9.32. The highest BCUT2D eigenvalue weighted by Crippen LogP contribution is 2.36. The zero-order valence-electron chi connectivity index (χ0n) is 16.6. The number of likely N-dealkylation sites (tertiary alicyclic amines) is 1. The zero-order valence-corrected chi connectivity index (χ0v) is 18.2. The third kappa shape index (κ3) is 3.70. The molecule has 0 bridgehead atoms. The first-order valence-corrected chi connectivity index (χ1v) is 11.7. The summed E-state index contributed by atoms with van der Waals surface area (Å²) in [5.41, 5.74) is 2.76. The van der Waals surface area contributed by atoms with Crippen molar-refractivity contribution in [3.63, 3.8) is 0 Å². The van der Waals surface area contributed by atoms with E-state index in [0.717, 1.165) is 47.9 Å². The molecule has 0 spiro atoms. The Morgan fingerprint density at radius 2 is 1.90 bits per heavy atom. The van der Waals surface area contributed by atoms with Crippen molar-refractivity contribution in [3.05, 3.63) is 69.7 Å². The Bertz CT molecular complexity index is 1140. The van der Waals surface area contributed by atoms with Gasteiger partial charge in [-0.05, 0) is 31.9 Å². The summed E-state index contributed by atoms with van der Waals surface area (Å²) in [6, 6.07) is 13.6. The van der Waals surface area contributed by atoms with Crippen LogP contribution in [0.3, 0.4) is 0 Å². The maximum Gasteiger partial charge on any atom is 0.266 e. The standard InChI is InChI=1S/C23H21N3O2S2/c1-15-14-29-21(24-15)17-9-11-26(12-10-17)23(27)20-19(16-6-3-2-4-7-16)25-22(30-20)18-8-5-13-28-18/h2-8,13-14,17H,9-12H2,1H3. The first-order valence-electron chi connectivity index (χ1n) is 10.0. The third-order valence-corrected chi connectivity index (χ3v) is 7.55. The van der Waals surface area contributed by atoms with Crippen molar-refractivity contribution in [3.8, 4) is 22.0 Å². The molecular formula is C23H21N3O2S2. The van der Waals surface area contributed by atoms with Gasteiger partial charge in [0.2, 0.25) is 0 Å². The summed E-state index contributed by atoms with van der Waals surface area (Å²) >= 11 is 3.14. The molecule has 152 valence electrons. The van der Waals surface area contributed by atoms with E-state index in [9.17, 15) is 4.79 Å². The number of carbonyl (C=O) groups excluding carboxylic acids is 1. The van der Waals surface area contributed by atoms with E-state index in [-0.39, 0.29) is 5.91 Å². The Morgan fingerprint density at radius 3 is 2.57 bits per heavy atom. The minimum Gasteiger partial charge on any atom is -0.462 e.